The summed E-state index contributed by atoms with van der Waals surface area (Å²) in [6, 6.07) is 22.0. The first-order valence-corrected chi connectivity index (χ1v) is 11.1. The van der Waals surface area contributed by atoms with E-state index < -0.39 is 40.5 Å². The Morgan fingerprint density at radius 3 is 2.11 bits per heavy atom. The van der Waals surface area contributed by atoms with Gasteiger partial charge in [-0.25, -0.2) is 15.4 Å². The van der Waals surface area contributed by atoms with Gasteiger partial charge in [-0.05, 0) is 23.3 Å². The lowest BCUT2D eigenvalue weighted by molar-refractivity contribution is -0.131. The Morgan fingerprint density at radius 1 is 0.895 bits per heavy atom. The average molecular weight is 509 g/mol. The topological polar surface area (TPSA) is 162 Å². The smallest absolute Gasteiger partial charge is 0.382 e. The van der Waals surface area contributed by atoms with Gasteiger partial charge in [0.15, 0.2) is 0 Å². The number of hydrogen-bond acceptors (Lipinski definition) is 9. The third-order valence-electron chi connectivity index (χ3n) is 5.42. The summed E-state index contributed by atoms with van der Waals surface area (Å²) in [5, 5.41) is 9.60. The van der Waals surface area contributed by atoms with Gasteiger partial charge < -0.3 is 13.9 Å². The van der Waals surface area contributed by atoms with Gasteiger partial charge in [0.05, 0.1) is 11.1 Å². The highest BCUT2D eigenvalue weighted by Gasteiger charge is 2.30. The first-order valence-electron chi connectivity index (χ1n) is 11.1. The van der Waals surface area contributed by atoms with E-state index in [1.807, 2.05) is 41.8 Å². The number of hydrazine groups is 1. The molecule has 0 saturated heterocycles. The highest BCUT2D eigenvalue weighted by molar-refractivity contribution is 6.12. The SMILES string of the molecule is CC(=O)Oc1ccc(C(=O)OC(=O)c2occ(-c3ccccc3)c2-c2ccccc2)c(C(=O)NN)c1C#N. The van der Waals surface area contributed by atoms with Crippen molar-refractivity contribution < 1.29 is 33.1 Å². The summed E-state index contributed by atoms with van der Waals surface area (Å²) in [7, 11) is 0. The van der Waals surface area contributed by atoms with Gasteiger partial charge >= 0.3 is 17.9 Å². The minimum atomic E-state index is -1.25. The molecule has 188 valence electrons. The second-order valence-corrected chi connectivity index (χ2v) is 7.80. The molecule has 38 heavy (non-hydrogen) atoms. The fourth-order valence-electron chi connectivity index (χ4n) is 3.83. The maximum absolute atomic E-state index is 13.2. The maximum Gasteiger partial charge on any atom is 0.382 e. The number of benzene rings is 3. The maximum atomic E-state index is 13.2. The number of ether oxygens (including phenoxy) is 2. The van der Waals surface area contributed by atoms with Crippen LogP contribution in [0.15, 0.2) is 83.5 Å². The fourth-order valence-corrected chi connectivity index (χ4v) is 3.83. The van der Waals surface area contributed by atoms with Crippen molar-refractivity contribution in [1.29, 1.82) is 5.26 Å². The number of nitrogens with zero attached hydrogens (tertiary/aromatic N) is 1. The van der Waals surface area contributed by atoms with Crippen molar-refractivity contribution in [2.45, 2.75) is 6.92 Å². The van der Waals surface area contributed by atoms with E-state index in [4.69, 9.17) is 19.7 Å². The van der Waals surface area contributed by atoms with Crippen molar-refractivity contribution in [2.24, 2.45) is 5.84 Å². The van der Waals surface area contributed by atoms with Crippen LogP contribution in [0.25, 0.3) is 22.3 Å². The van der Waals surface area contributed by atoms with Crippen LogP contribution in [0.2, 0.25) is 0 Å². The molecule has 10 nitrogen and oxygen atoms in total. The average Bonchev–Trinajstić information content (AvgIpc) is 3.38. The summed E-state index contributed by atoms with van der Waals surface area (Å²) < 4.78 is 15.6. The number of nitrogen functional groups attached to an aromatic ring is 1. The molecule has 1 amide bonds. The summed E-state index contributed by atoms with van der Waals surface area (Å²) in [4.78, 5) is 50.1. The highest BCUT2D eigenvalue weighted by atomic mass is 16.6. The van der Waals surface area contributed by atoms with E-state index in [1.54, 1.807) is 30.3 Å². The van der Waals surface area contributed by atoms with Crippen LogP contribution in [0.3, 0.4) is 0 Å². The normalized spacial score (nSPS) is 10.2. The third-order valence-corrected chi connectivity index (χ3v) is 5.42. The van der Waals surface area contributed by atoms with Gasteiger partial charge in [-0.3, -0.25) is 15.0 Å². The molecule has 0 aliphatic carbocycles. The number of esters is 3. The number of nitrogens with one attached hydrogen (secondary N) is 1. The Kier molecular flexibility index (Phi) is 7.42. The number of rotatable bonds is 6. The first-order chi connectivity index (χ1) is 18.3. The summed E-state index contributed by atoms with van der Waals surface area (Å²) in [6.45, 7) is 1.10. The Balaban J connectivity index is 1.76. The summed E-state index contributed by atoms with van der Waals surface area (Å²) >= 11 is 0. The van der Waals surface area contributed by atoms with Crippen molar-refractivity contribution in [1.82, 2.24) is 5.43 Å². The molecule has 1 heterocycles. The zero-order valence-corrected chi connectivity index (χ0v) is 19.9. The van der Waals surface area contributed by atoms with Gasteiger partial charge in [-0.2, -0.15) is 5.26 Å². The monoisotopic (exact) mass is 509 g/mol. The van der Waals surface area contributed by atoms with E-state index in [0.717, 1.165) is 24.6 Å². The number of carbonyl (C=O) groups is 4. The largest absolute Gasteiger partial charge is 0.456 e. The highest BCUT2D eigenvalue weighted by Crippen LogP contribution is 2.37. The zero-order valence-electron chi connectivity index (χ0n) is 19.9. The van der Waals surface area contributed by atoms with Crippen LogP contribution in [0.4, 0.5) is 0 Å². The molecule has 4 aromatic rings. The fraction of sp³-hybridized carbons (Fsp3) is 0.0357. The van der Waals surface area contributed by atoms with Gasteiger partial charge in [0, 0.05) is 18.1 Å². The molecule has 3 N–H and O–H groups in total. The number of hydrogen-bond donors (Lipinski definition) is 2. The predicted octanol–water partition coefficient (Wildman–Crippen LogP) is 4.01. The van der Waals surface area contributed by atoms with E-state index in [0.29, 0.717) is 16.7 Å². The Bertz CT molecular complexity index is 1590. The van der Waals surface area contributed by atoms with Crippen LogP contribution >= 0.6 is 0 Å². The molecule has 0 aliphatic rings. The number of amides is 1. The Hall–Kier alpha value is -5.53. The third kappa shape index (κ3) is 5.04. The molecular weight excluding hydrogens is 490 g/mol. The zero-order chi connectivity index (χ0) is 27.2. The predicted molar refractivity (Wildman–Crippen MR) is 133 cm³/mol. The summed E-state index contributed by atoms with van der Waals surface area (Å²) in [6.07, 6.45) is 1.38. The number of furan rings is 1. The van der Waals surface area contributed by atoms with E-state index in [2.05, 4.69) is 0 Å². The molecule has 0 aliphatic heterocycles. The number of nitrogens with two attached hydrogens (primary N) is 1. The van der Waals surface area contributed by atoms with E-state index in [9.17, 15) is 24.4 Å². The minimum Gasteiger partial charge on any atom is -0.456 e. The van der Waals surface area contributed by atoms with Crippen LogP contribution < -0.4 is 16.0 Å². The molecule has 0 radical (unpaired) electrons. The van der Waals surface area contributed by atoms with Crippen molar-refractivity contribution >= 4 is 23.8 Å². The second-order valence-electron chi connectivity index (χ2n) is 7.80. The van der Waals surface area contributed by atoms with Gasteiger partial charge in [-0.1, -0.05) is 60.7 Å². The summed E-state index contributed by atoms with van der Waals surface area (Å²) in [5.41, 5.74) is 2.80. The first kappa shape index (κ1) is 25.6. The van der Waals surface area contributed by atoms with E-state index in [-0.39, 0.29) is 11.5 Å². The molecule has 3 aromatic carbocycles. The van der Waals surface area contributed by atoms with Crippen LogP contribution in [-0.2, 0) is 9.53 Å². The Morgan fingerprint density at radius 2 is 1.53 bits per heavy atom. The van der Waals surface area contributed by atoms with Crippen molar-refractivity contribution in [3.05, 3.63) is 102 Å². The van der Waals surface area contributed by atoms with Gasteiger partial charge in [-0.15, -0.1) is 0 Å². The van der Waals surface area contributed by atoms with Crippen molar-refractivity contribution in [3.63, 3.8) is 0 Å². The van der Waals surface area contributed by atoms with Crippen LogP contribution in [0.5, 0.6) is 5.75 Å². The molecule has 0 spiro atoms. The molecule has 1 aromatic heterocycles. The van der Waals surface area contributed by atoms with Crippen LogP contribution in [0.1, 0.15) is 43.8 Å². The van der Waals surface area contributed by atoms with Crippen LogP contribution in [0, 0.1) is 11.3 Å². The summed E-state index contributed by atoms with van der Waals surface area (Å²) in [5.74, 6) is 0.539. The van der Waals surface area contributed by atoms with Crippen molar-refractivity contribution in [3.8, 4) is 34.1 Å². The molecule has 0 fully saturated rings. The quantitative estimate of drug-likeness (QED) is 0.0976. The molecular formula is C28H19N3O7. The van der Waals surface area contributed by atoms with Crippen molar-refractivity contribution in [2.75, 3.05) is 0 Å². The number of nitriles is 1. The van der Waals surface area contributed by atoms with E-state index >= 15 is 0 Å². The van der Waals surface area contributed by atoms with Gasteiger partial charge in [0.2, 0.25) is 5.76 Å². The molecule has 0 unspecified atom stereocenters. The van der Waals surface area contributed by atoms with Gasteiger partial charge in [0.25, 0.3) is 5.91 Å². The standard InChI is InChI=1S/C28H19N3O7/c1-16(32)37-22-13-12-19(24(20(22)14-29)26(33)31-30)27(34)38-28(35)25-23(18-10-6-3-7-11-18)21(15-36-25)17-8-4-2-5-9-17/h2-13,15H,30H2,1H3,(H,31,33). The minimum absolute atomic E-state index is 0.245. The number of carbonyl (C=O) groups excluding carboxylic acids is 4. The molecule has 4 rings (SSSR count). The Labute approximate surface area is 216 Å². The lowest BCUT2D eigenvalue weighted by Crippen LogP contribution is -2.32. The lowest BCUT2D eigenvalue weighted by Gasteiger charge is -2.12. The molecule has 0 saturated carbocycles. The van der Waals surface area contributed by atoms with E-state index in [1.165, 1.54) is 6.26 Å². The lowest BCUT2D eigenvalue weighted by atomic mass is 9.97. The van der Waals surface area contributed by atoms with Gasteiger partial charge in [0.1, 0.15) is 23.6 Å². The van der Waals surface area contributed by atoms with Crippen LogP contribution in [-0.4, -0.2) is 23.8 Å². The molecule has 10 heteroatoms. The second kappa shape index (κ2) is 11.0. The molecule has 0 atom stereocenters. The molecule has 0 bridgehead atoms.